The fraction of sp³-hybridized carbons (Fsp3) is 0.632. The summed E-state index contributed by atoms with van der Waals surface area (Å²) in [4.78, 5) is 0. The van der Waals surface area contributed by atoms with Crippen LogP contribution < -0.4 is 0 Å². The molecular weight excluding hydrogens is 322 g/mol. The molecule has 1 rings (SSSR count). The van der Waals surface area contributed by atoms with Crippen molar-refractivity contribution in [3.8, 4) is 6.07 Å². The van der Waals surface area contributed by atoms with Crippen LogP contribution in [-0.2, 0) is 0 Å². The first-order chi connectivity index (χ1) is 9.32. The second-order valence-electron chi connectivity index (χ2n) is 8.61. The first kappa shape index (κ1) is 18.2. The smallest absolute Gasteiger partial charge is 0.0995 e. The molecule has 0 aliphatic carbocycles. The van der Waals surface area contributed by atoms with E-state index in [9.17, 15) is 5.26 Å². The quantitative estimate of drug-likeness (QED) is 0.595. The molecule has 1 unspecified atom stereocenters. The molecule has 0 aromatic heterocycles. The van der Waals surface area contributed by atoms with Crippen molar-refractivity contribution in [2.45, 2.75) is 61.3 Å². The van der Waals surface area contributed by atoms with E-state index < -0.39 is 0 Å². The normalized spacial score (nSPS) is 14.7. The Morgan fingerprint density at radius 2 is 1.52 bits per heavy atom. The van der Waals surface area contributed by atoms with E-state index in [2.05, 4.69) is 83.5 Å². The summed E-state index contributed by atoms with van der Waals surface area (Å²) >= 11 is 3.48. The third-order valence-corrected chi connectivity index (χ3v) is 5.46. The van der Waals surface area contributed by atoms with Gasteiger partial charge in [0.1, 0.15) is 0 Å². The summed E-state index contributed by atoms with van der Waals surface area (Å²) in [5.41, 5.74) is 2.22. The van der Waals surface area contributed by atoms with Crippen LogP contribution >= 0.6 is 15.9 Å². The Labute approximate surface area is 138 Å². The first-order valence-electron chi connectivity index (χ1n) is 7.52. The highest BCUT2D eigenvalue weighted by molar-refractivity contribution is 9.10. The molecule has 0 spiro atoms. The summed E-state index contributed by atoms with van der Waals surface area (Å²) in [6, 6.07) is 8.49. The lowest BCUT2D eigenvalue weighted by molar-refractivity contribution is 0.0401. The van der Waals surface area contributed by atoms with Gasteiger partial charge in [0.15, 0.2) is 0 Å². The molecule has 2 heteroatoms. The molecule has 0 aliphatic rings. The zero-order valence-electron chi connectivity index (χ0n) is 14.6. The van der Waals surface area contributed by atoms with Crippen LogP contribution in [0.1, 0.15) is 72.4 Å². The van der Waals surface area contributed by atoms with Gasteiger partial charge in [-0.15, -0.1) is 0 Å². The number of nitrogens with zero attached hydrogens (tertiary/aromatic N) is 1. The molecule has 0 saturated carbocycles. The summed E-state index contributed by atoms with van der Waals surface area (Å²) in [7, 11) is 0. The molecule has 116 valence electrons. The molecule has 1 atom stereocenters. The average molecular weight is 350 g/mol. The first-order valence-corrected chi connectivity index (χ1v) is 8.31. The Morgan fingerprint density at radius 3 is 1.90 bits per heavy atom. The molecule has 0 saturated heterocycles. The van der Waals surface area contributed by atoms with Gasteiger partial charge in [-0.1, -0.05) is 77.4 Å². The lowest BCUT2D eigenvalue weighted by Crippen LogP contribution is -2.42. The Kier molecular flexibility index (Phi) is 5.01. The van der Waals surface area contributed by atoms with Gasteiger partial charge in [0.25, 0.3) is 0 Å². The van der Waals surface area contributed by atoms with Gasteiger partial charge in [0.2, 0.25) is 0 Å². The molecule has 1 nitrogen and oxygen atoms in total. The van der Waals surface area contributed by atoms with Crippen LogP contribution in [0.4, 0.5) is 0 Å². The fourth-order valence-electron chi connectivity index (χ4n) is 3.25. The predicted octanol–water partition coefficient (Wildman–Crippen LogP) is 6.52. The van der Waals surface area contributed by atoms with Crippen molar-refractivity contribution in [1.29, 1.82) is 5.26 Å². The monoisotopic (exact) mass is 349 g/mol. The molecule has 0 N–H and O–H groups in total. The van der Waals surface area contributed by atoms with Crippen molar-refractivity contribution in [1.82, 2.24) is 0 Å². The number of rotatable bonds is 2. The molecule has 0 bridgehead atoms. The van der Waals surface area contributed by atoms with E-state index in [4.69, 9.17) is 0 Å². The van der Waals surface area contributed by atoms with Gasteiger partial charge in [-0.25, -0.2) is 0 Å². The zero-order valence-corrected chi connectivity index (χ0v) is 16.2. The maximum absolute atomic E-state index is 9.56. The minimum atomic E-state index is 0.0602. The van der Waals surface area contributed by atoms with Crippen LogP contribution in [0, 0.1) is 27.6 Å². The maximum atomic E-state index is 9.56. The van der Waals surface area contributed by atoms with E-state index in [1.54, 1.807) is 0 Å². The van der Waals surface area contributed by atoms with Gasteiger partial charge >= 0.3 is 0 Å². The summed E-state index contributed by atoms with van der Waals surface area (Å²) in [6.07, 6.45) is 0. The van der Waals surface area contributed by atoms with Crippen molar-refractivity contribution in [3.05, 3.63) is 33.8 Å². The van der Waals surface area contributed by atoms with Crippen LogP contribution in [0.25, 0.3) is 0 Å². The van der Waals surface area contributed by atoms with E-state index >= 15 is 0 Å². The van der Waals surface area contributed by atoms with Gasteiger partial charge in [0.05, 0.1) is 11.6 Å². The molecule has 0 fully saturated rings. The van der Waals surface area contributed by atoms with Gasteiger partial charge in [0, 0.05) is 4.47 Å². The third kappa shape index (κ3) is 3.69. The van der Waals surface area contributed by atoms with Crippen molar-refractivity contribution >= 4 is 15.9 Å². The zero-order chi connectivity index (χ0) is 16.6. The number of hydrogen-bond acceptors (Lipinski definition) is 1. The van der Waals surface area contributed by atoms with Gasteiger partial charge in [-0.05, 0) is 39.9 Å². The van der Waals surface area contributed by atoms with Gasteiger partial charge < -0.3 is 0 Å². The molecule has 0 radical (unpaired) electrons. The second kappa shape index (κ2) is 5.76. The molecule has 21 heavy (non-hydrogen) atoms. The largest absolute Gasteiger partial charge is 0.192 e. The van der Waals surface area contributed by atoms with E-state index in [-0.39, 0.29) is 16.2 Å². The number of hydrogen-bond donors (Lipinski definition) is 0. The Hall–Kier alpha value is -0.810. The minimum absolute atomic E-state index is 0.0602. The summed E-state index contributed by atoms with van der Waals surface area (Å²) in [6.45, 7) is 18.3. The van der Waals surface area contributed by atoms with Gasteiger partial charge in [-0.3, -0.25) is 0 Å². The third-order valence-electron chi connectivity index (χ3n) is 4.97. The highest BCUT2D eigenvalue weighted by Gasteiger charge is 2.46. The standard InChI is InChI=1S/C19H28BrN/c1-17(2,3)16(19(7,8)18(4,5)6)15-10-9-14(20)11-13(15)12-21/h9-11,16H,1-8H3. The second-order valence-corrected chi connectivity index (χ2v) is 9.53. The average Bonchev–Trinajstić information content (AvgIpc) is 2.27. The van der Waals surface area contributed by atoms with Gasteiger partial charge in [-0.2, -0.15) is 5.26 Å². The van der Waals surface area contributed by atoms with Crippen LogP contribution in [0.5, 0.6) is 0 Å². The van der Waals surface area contributed by atoms with E-state index in [0.29, 0.717) is 5.92 Å². The molecular formula is C19H28BrN. The minimum Gasteiger partial charge on any atom is -0.192 e. The van der Waals surface area contributed by atoms with E-state index in [0.717, 1.165) is 15.6 Å². The predicted molar refractivity (Wildman–Crippen MR) is 94.3 cm³/mol. The van der Waals surface area contributed by atoms with E-state index in [1.165, 1.54) is 0 Å². The number of nitriles is 1. The molecule has 0 amide bonds. The number of benzene rings is 1. The molecule has 1 aromatic carbocycles. The van der Waals surface area contributed by atoms with Crippen LogP contribution in [0.3, 0.4) is 0 Å². The summed E-state index contributed by atoms with van der Waals surface area (Å²) in [5, 5.41) is 9.56. The summed E-state index contributed by atoms with van der Waals surface area (Å²) in [5.74, 6) is 0.299. The lowest BCUT2D eigenvalue weighted by Gasteiger charge is -2.51. The summed E-state index contributed by atoms with van der Waals surface area (Å²) < 4.78 is 0.962. The SMILES string of the molecule is CC(C)(C)C(c1ccc(Br)cc1C#N)C(C)(C)C(C)(C)C. The maximum Gasteiger partial charge on any atom is 0.0995 e. The van der Waals surface area contributed by atoms with Crippen molar-refractivity contribution in [2.24, 2.45) is 16.2 Å². The van der Waals surface area contributed by atoms with Crippen molar-refractivity contribution in [3.63, 3.8) is 0 Å². The van der Waals surface area contributed by atoms with Crippen molar-refractivity contribution < 1.29 is 0 Å². The van der Waals surface area contributed by atoms with Crippen LogP contribution in [-0.4, -0.2) is 0 Å². The fourth-order valence-corrected chi connectivity index (χ4v) is 3.61. The molecule has 0 heterocycles. The lowest BCUT2D eigenvalue weighted by atomic mass is 9.53. The van der Waals surface area contributed by atoms with Crippen LogP contribution in [0.2, 0.25) is 0 Å². The van der Waals surface area contributed by atoms with E-state index in [1.807, 2.05) is 12.1 Å². The highest BCUT2D eigenvalue weighted by Crippen LogP contribution is 2.56. The topological polar surface area (TPSA) is 23.8 Å². The Bertz CT molecular complexity index is 550. The Morgan fingerprint density at radius 1 is 1.00 bits per heavy atom. The van der Waals surface area contributed by atoms with Crippen molar-refractivity contribution in [2.75, 3.05) is 0 Å². The molecule has 0 aliphatic heterocycles. The number of halogens is 1. The van der Waals surface area contributed by atoms with Crippen LogP contribution in [0.15, 0.2) is 22.7 Å². The molecule has 1 aromatic rings. The Balaban J connectivity index is 3.61. The highest BCUT2D eigenvalue weighted by atomic mass is 79.9.